The van der Waals surface area contributed by atoms with Gasteiger partial charge in [-0.1, -0.05) is 12.1 Å². The highest BCUT2D eigenvalue weighted by Gasteiger charge is 2.29. The first kappa shape index (κ1) is 15.6. The minimum absolute atomic E-state index is 0.0314. The maximum absolute atomic E-state index is 12.5. The maximum atomic E-state index is 12.5. The van der Waals surface area contributed by atoms with Crippen LogP contribution in [0.25, 0.3) is 11.0 Å². The molecule has 0 saturated carbocycles. The van der Waals surface area contributed by atoms with Crippen LogP contribution in [0, 0.1) is 5.92 Å². The zero-order chi connectivity index (χ0) is 17.4. The molecule has 1 aromatic carbocycles. The Balaban J connectivity index is 1.40. The molecule has 0 spiro atoms. The lowest BCUT2D eigenvalue weighted by atomic mass is 9.98. The lowest BCUT2D eigenvalue weighted by Gasteiger charge is -2.22. The third kappa shape index (κ3) is 2.84. The van der Waals surface area contributed by atoms with E-state index in [1.165, 1.54) is 0 Å². The van der Waals surface area contributed by atoms with Crippen LogP contribution in [0.5, 0.6) is 0 Å². The Morgan fingerprint density at radius 1 is 1.28 bits per heavy atom. The van der Waals surface area contributed by atoms with Gasteiger partial charge < -0.3 is 15.2 Å². The number of benzene rings is 1. The summed E-state index contributed by atoms with van der Waals surface area (Å²) in [6.07, 6.45) is 0.869. The van der Waals surface area contributed by atoms with Crippen molar-refractivity contribution in [3.63, 3.8) is 0 Å². The highest BCUT2D eigenvalue weighted by molar-refractivity contribution is 5.98. The van der Waals surface area contributed by atoms with Crippen LogP contribution in [0.3, 0.4) is 0 Å². The molecule has 4 rings (SSSR count). The van der Waals surface area contributed by atoms with Gasteiger partial charge in [0.05, 0.1) is 23.5 Å². The molecule has 130 valence electrons. The zero-order valence-electron chi connectivity index (χ0n) is 13.7. The monoisotopic (exact) mass is 341 g/mol. The Labute approximate surface area is 144 Å². The van der Waals surface area contributed by atoms with Gasteiger partial charge >= 0.3 is 0 Å². The van der Waals surface area contributed by atoms with Crippen LogP contribution >= 0.6 is 0 Å². The lowest BCUT2D eigenvalue weighted by Crippen LogP contribution is -2.46. The smallest absolute Gasteiger partial charge is 0.248 e. The molecule has 1 atom stereocenters. The summed E-state index contributed by atoms with van der Waals surface area (Å²) in [4.78, 5) is 42.0. The Hall–Kier alpha value is -2.90. The van der Waals surface area contributed by atoms with Gasteiger partial charge in [-0.25, -0.2) is 4.98 Å². The van der Waals surface area contributed by atoms with E-state index in [1.54, 1.807) is 4.90 Å². The first-order valence-corrected chi connectivity index (χ1v) is 8.43. The summed E-state index contributed by atoms with van der Waals surface area (Å²) in [7, 11) is 0. The number of para-hydroxylation sites is 2. The Bertz CT molecular complexity index is 849. The molecular weight excluding hydrogens is 322 g/mol. The first-order valence-electron chi connectivity index (χ1n) is 8.43. The fourth-order valence-corrected chi connectivity index (χ4v) is 3.38. The predicted molar refractivity (Wildman–Crippen MR) is 90.8 cm³/mol. The lowest BCUT2D eigenvalue weighted by molar-refractivity contribution is -0.130. The number of nitrogens with one attached hydrogen (secondary N) is 2. The number of carbonyl (C=O) groups is 3. The standard InChI is InChI=1S/C17H19N5O3/c23-14-6-5-11(9-18-14)16(25)19-10-15(24)22-8-7-21-13-4-2-1-3-12(13)20-17(21)22/h1-4,11H,5-10H2,(H,18,23)(H,19,25). The molecule has 2 N–H and O–H groups in total. The summed E-state index contributed by atoms with van der Waals surface area (Å²) >= 11 is 0. The van der Waals surface area contributed by atoms with Crippen molar-refractivity contribution >= 4 is 34.7 Å². The average molecular weight is 341 g/mol. The molecule has 1 saturated heterocycles. The van der Waals surface area contributed by atoms with Crippen LogP contribution in [0.2, 0.25) is 0 Å². The van der Waals surface area contributed by atoms with E-state index in [4.69, 9.17) is 0 Å². The van der Waals surface area contributed by atoms with E-state index >= 15 is 0 Å². The highest BCUT2D eigenvalue weighted by Crippen LogP contribution is 2.26. The van der Waals surface area contributed by atoms with Crippen molar-refractivity contribution in [1.29, 1.82) is 0 Å². The van der Waals surface area contributed by atoms with Gasteiger partial charge in [-0.2, -0.15) is 0 Å². The van der Waals surface area contributed by atoms with Crippen molar-refractivity contribution in [3.8, 4) is 0 Å². The van der Waals surface area contributed by atoms with Gasteiger partial charge in [0.25, 0.3) is 0 Å². The molecule has 0 aliphatic carbocycles. The second kappa shape index (κ2) is 6.19. The fourth-order valence-electron chi connectivity index (χ4n) is 3.38. The van der Waals surface area contributed by atoms with E-state index in [1.807, 2.05) is 28.8 Å². The summed E-state index contributed by atoms with van der Waals surface area (Å²) in [6.45, 7) is 1.52. The minimum atomic E-state index is -0.270. The number of carbonyl (C=O) groups excluding carboxylic acids is 3. The highest BCUT2D eigenvalue weighted by atomic mass is 16.2. The summed E-state index contributed by atoms with van der Waals surface area (Å²) in [6, 6.07) is 7.77. The van der Waals surface area contributed by atoms with E-state index in [9.17, 15) is 14.4 Å². The van der Waals surface area contributed by atoms with Gasteiger partial charge in [0, 0.05) is 26.1 Å². The van der Waals surface area contributed by atoms with E-state index in [2.05, 4.69) is 15.6 Å². The molecule has 0 radical (unpaired) electrons. The number of hydrogen-bond donors (Lipinski definition) is 2. The molecule has 0 bridgehead atoms. The van der Waals surface area contributed by atoms with Gasteiger partial charge in [-0.3, -0.25) is 19.3 Å². The molecule has 8 heteroatoms. The van der Waals surface area contributed by atoms with Crippen molar-refractivity contribution in [2.45, 2.75) is 19.4 Å². The molecule has 3 heterocycles. The topological polar surface area (TPSA) is 96.3 Å². The Morgan fingerprint density at radius 2 is 2.12 bits per heavy atom. The van der Waals surface area contributed by atoms with Crippen LogP contribution in [0.4, 0.5) is 5.95 Å². The van der Waals surface area contributed by atoms with Gasteiger partial charge in [-0.15, -0.1) is 0 Å². The number of amides is 3. The number of aromatic nitrogens is 2. The maximum Gasteiger partial charge on any atom is 0.248 e. The average Bonchev–Trinajstić information content (AvgIpc) is 3.19. The number of nitrogens with zero attached hydrogens (tertiary/aromatic N) is 3. The second-order valence-corrected chi connectivity index (χ2v) is 6.36. The van der Waals surface area contributed by atoms with E-state index in [-0.39, 0.29) is 30.2 Å². The number of anilines is 1. The molecule has 8 nitrogen and oxygen atoms in total. The minimum Gasteiger partial charge on any atom is -0.355 e. The number of rotatable bonds is 3. The number of piperidine rings is 1. The zero-order valence-corrected chi connectivity index (χ0v) is 13.7. The van der Waals surface area contributed by atoms with Crippen molar-refractivity contribution in [2.75, 3.05) is 24.5 Å². The molecule has 2 aromatic rings. The normalized spacial score (nSPS) is 19.6. The quantitative estimate of drug-likeness (QED) is 0.823. The number of fused-ring (bicyclic) bond motifs is 3. The van der Waals surface area contributed by atoms with Crippen molar-refractivity contribution in [3.05, 3.63) is 24.3 Å². The van der Waals surface area contributed by atoms with Crippen molar-refractivity contribution in [2.24, 2.45) is 5.92 Å². The van der Waals surface area contributed by atoms with Gasteiger partial charge in [-0.05, 0) is 18.6 Å². The van der Waals surface area contributed by atoms with Crippen LogP contribution in [0.1, 0.15) is 12.8 Å². The van der Waals surface area contributed by atoms with Crippen LogP contribution in [-0.2, 0) is 20.9 Å². The summed E-state index contributed by atoms with van der Waals surface area (Å²) in [5.41, 5.74) is 1.87. The van der Waals surface area contributed by atoms with Gasteiger partial charge in [0.2, 0.25) is 23.7 Å². The van der Waals surface area contributed by atoms with E-state index in [0.29, 0.717) is 38.4 Å². The molecule has 3 amide bonds. The van der Waals surface area contributed by atoms with E-state index in [0.717, 1.165) is 11.0 Å². The SMILES string of the molecule is O=C1CCC(C(=O)NCC(=O)N2CCn3c2nc2ccccc23)CN1. The van der Waals surface area contributed by atoms with Gasteiger partial charge in [0.1, 0.15) is 0 Å². The Kier molecular flexibility index (Phi) is 3.87. The molecule has 2 aliphatic heterocycles. The largest absolute Gasteiger partial charge is 0.355 e. The van der Waals surface area contributed by atoms with Crippen LogP contribution in [0.15, 0.2) is 24.3 Å². The van der Waals surface area contributed by atoms with E-state index < -0.39 is 0 Å². The molecule has 1 fully saturated rings. The molecule has 1 unspecified atom stereocenters. The molecule has 1 aromatic heterocycles. The molecule has 2 aliphatic rings. The molecular formula is C17H19N5O3. The van der Waals surface area contributed by atoms with Crippen LogP contribution in [-0.4, -0.2) is 46.9 Å². The fraction of sp³-hybridized carbons (Fsp3) is 0.412. The first-order chi connectivity index (χ1) is 12.1. The summed E-state index contributed by atoms with van der Waals surface area (Å²) in [5, 5.41) is 5.37. The Morgan fingerprint density at radius 3 is 2.92 bits per heavy atom. The third-order valence-corrected chi connectivity index (χ3v) is 4.77. The summed E-state index contributed by atoms with van der Waals surface area (Å²) < 4.78 is 2.02. The third-order valence-electron chi connectivity index (χ3n) is 4.77. The number of imidazole rings is 1. The van der Waals surface area contributed by atoms with Crippen LogP contribution < -0.4 is 15.5 Å². The van der Waals surface area contributed by atoms with Gasteiger partial charge in [0.15, 0.2) is 0 Å². The van der Waals surface area contributed by atoms with Crippen molar-refractivity contribution in [1.82, 2.24) is 20.2 Å². The van der Waals surface area contributed by atoms with Crippen molar-refractivity contribution < 1.29 is 14.4 Å². The summed E-state index contributed by atoms with van der Waals surface area (Å²) in [5.74, 6) is -0.0431. The number of hydrogen-bond acceptors (Lipinski definition) is 4. The molecule has 25 heavy (non-hydrogen) atoms. The second-order valence-electron chi connectivity index (χ2n) is 6.36. The predicted octanol–water partition coefficient (Wildman–Crippen LogP) is 0.0253.